The van der Waals surface area contributed by atoms with Gasteiger partial charge in [-0.05, 0) is 12.5 Å². The van der Waals surface area contributed by atoms with Crippen molar-refractivity contribution in [2.45, 2.75) is 19.6 Å². The number of carbonyl (C=O) groups is 2. The summed E-state index contributed by atoms with van der Waals surface area (Å²) < 4.78 is 5.38. The molecular weight excluding hydrogens is 248 g/mol. The molecule has 0 unspecified atom stereocenters. The molecule has 3 N–H and O–H groups in total. The Morgan fingerprint density at radius 2 is 2.00 bits per heavy atom. The normalized spacial score (nSPS) is 11.6. The van der Waals surface area contributed by atoms with E-state index in [-0.39, 0.29) is 5.91 Å². The Labute approximate surface area is 111 Å². The molecule has 0 saturated heterocycles. The number of carbonyl (C=O) groups excluding carboxylic acids is 1. The number of hydrogen-bond donors (Lipinski definition) is 3. The number of benzene rings is 1. The Morgan fingerprint density at radius 1 is 1.32 bits per heavy atom. The van der Waals surface area contributed by atoms with E-state index < -0.39 is 12.1 Å². The van der Waals surface area contributed by atoms with Gasteiger partial charge in [0.25, 0.3) is 0 Å². The maximum absolute atomic E-state index is 11.4. The first-order chi connectivity index (χ1) is 9.09. The highest BCUT2D eigenvalue weighted by Crippen LogP contribution is 1.99. The van der Waals surface area contributed by atoms with E-state index in [1.165, 1.54) is 6.92 Å². The second-order valence-corrected chi connectivity index (χ2v) is 4.00. The molecule has 1 aromatic carbocycles. The van der Waals surface area contributed by atoms with Crippen LogP contribution in [0.5, 0.6) is 0 Å². The first-order valence-corrected chi connectivity index (χ1v) is 5.98. The average Bonchev–Trinajstić information content (AvgIpc) is 2.38. The van der Waals surface area contributed by atoms with Gasteiger partial charge in [0.1, 0.15) is 6.04 Å². The summed E-state index contributed by atoms with van der Waals surface area (Å²) in [6.45, 7) is 2.69. The summed E-state index contributed by atoms with van der Waals surface area (Å²) in [6.07, 6.45) is -1.22. The third-order valence-corrected chi connectivity index (χ3v) is 2.39. The molecule has 0 bridgehead atoms. The van der Waals surface area contributed by atoms with E-state index in [1.54, 1.807) is 0 Å². The van der Waals surface area contributed by atoms with E-state index in [1.807, 2.05) is 30.3 Å². The molecule has 0 aromatic heterocycles. The van der Waals surface area contributed by atoms with Crippen molar-refractivity contribution < 1.29 is 19.4 Å². The zero-order chi connectivity index (χ0) is 14.1. The molecule has 104 valence electrons. The molecule has 0 aliphatic carbocycles. The highest BCUT2D eigenvalue weighted by Gasteiger charge is 2.13. The van der Waals surface area contributed by atoms with Gasteiger partial charge < -0.3 is 20.5 Å². The quantitative estimate of drug-likeness (QED) is 0.642. The second kappa shape index (κ2) is 8.10. The number of amides is 2. The van der Waals surface area contributed by atoms with Gasteiger partial charge in [-0.2, -0.15) is 0 Å². The fourth-order valence-corrected chi connectivity index (χ4v) is 1.41. The van der Waals surface area contributed by atoms with Crippen LogP contribution in [0.2, 0.25) is 0 Å². The van der Waals surface area contributed by atoms with Gasteiger partial charge in [-0.15, -0.1) is 0 Å². The third-order valence-electron chi connectivity index (χ3n) is 2.39. The summed E-state index contributed by atoms with van der Waals surface area (Å²) in [5.41, 5.74) is 1.06. The van der Waals surface area contributed by atoms with E-state index in [0.717, 1.165) is 5.56 Å². The van der Waals surface area contributed by atoms with E-state index in [9.17, 15) is 9.59 Å². The van der Waals surface area contributed by atoms with E-state index >= 15 is 0 Å². The van der Waals surface area contributed by atoms with Gasteiger partial charge in [0.05, 0.1) is 13.2 Å². The fraction of sp³-hybridized carbons (Fsp3) is 0.385. The Hall–Kier alpha value is -2.08. The van der Waals surface area contributed by atoms with Crippen LogP contribution in [0.1, 0.15) is 12.5 Å². The lowest BCUT2D eigenvalue weighted by Crippen LogP contribution is -2.45. The molecular formula is C13H18N2O4. The molecule has 0 saturated carbocycles. The van der Waals surface area contributed by atoms with Crippen LogP contribution in [0.3, 0.4) is 0 Å². The molecule has 19 heavy (non-hydrogen) atoms. The largest absolute Gasteiger partial charge is 0.465 e. The maximum atomic E-state index is 11.4. The molecule has 0 heterocycles. The lowest BCUT2D eigenvalue weighted by molar-refractivity contribution is -0.122. The van der Waals surface area contributed by atoms with Crippen LogP contribution in [0.4, 0.5) is 4.79 Å². The minimum atomic E-state index is -1.22. The van der Waals surface area contributed by atoms with Crippen LogP contribution in [0, 0.1) is 0 Å². The zero-order valence-electron chi connectivity index (χ0n) is 10.8. The van der Waals surface area contributed by atoms with Gasteiger partial charge in [0, 0.05) is 6.54 Å². The number of ether oxygens (including phenoxy) is 1. The molecule has 0 spiro atoms. The van der Waals surface area contributed by atoms with Crippen molar-refractivity contribution in [3.63, 3.8) is 0 Å². The second-order valence-electron chi connectivity index (χ2n) is 4.00. The molecule has 1 rings (SSSR count). The predicted molar refractivity (Wildman–Crippen MR) is 69.7 cm³/mol. The summed E-state index contributed by atoms with van der Waals surface area (Å²) in [5, 5.41) is 13.1. The van der Waals surface area contributed by atoms with Gasteiger partial charge in [-0.1, -0.05) is 30.3 Å². The first kappa shape index (κ1) is 15.0. The van der Waals surface area contributed by atoms with E-state index in [2.05, 4.69) is 10.6 Å². The van der Waals surface area contributed by atoms with Crippen LogP contribution < -0.4 is 10.6 Å². The highest BCUT2D eigenvalue weighted by atomic mass is 16.5. The molecule has 0 aliphatic rings. The minimum Gasteiger partial charge on any atom is -0.465 e. The van der Waals surface area contributed by atoms with Gasteiger partial charge in [-0.25, -0.2) is 4.79 Å². The number of rotatable bonds is 7. The molecule has 1 aromatic rings. The number of hydrogen-bond acceptors (Lipinski definition) is 3. The molecule has 2 amide bonds. The third kappa shape index (κ3) is 6.42. The van der Waals surface area contributed by atoms with Gasteiger partial charge in [-0.3, -0.25) is 4.79 Å². The molecule has 0 aliphatic heterocycles. The van der Waals surface area contributed by atoms with Crippen molar-refractivity contribution >= 4 is 12.0 Å². The summed E-state index contributed by atoms with van der Waals surface area (Å²) >= 11 is 0. The maximum Gasteiger partial charge on any atom is 0.405 e. The molecule has 0 fully saturated rings. The van der Waals surface area contributed by atoms with Crippen LogP contribution in [-0.2, 0) is 16.1 Å². The van der Waals surface area contributed by atoms with Crippen molar-refractivity contribution in [3.05, 3.63) is 35.9 Å². The van der Waals surface area contributed by atoms with Crippen molar-refractivity contribution in [3.8, 4) is 0 Å². The van der Waals surface area contributed by atoms with Crippen LogP contribution in [-0.4, -0.2) is 36.3 Å². The Balaban J connectivity index is 2.10. The van der Waals surface area contributed by atoms with Gasteiger partial charge >= 0.3 is 6.09 Å². The van der Waals surface area contributed by atoms with Crippen molar-refractivity contribution in [1.82, 2.24) is 10.6 Å². The minimum absolute atomic E-state index is 0.345. The van der Waals surface area contributed by atoms with Crippen molar-refractivity contribution in [1.29, 1.82) is 0 Å². The van der Waals surface area contributed by atoms with Gasteiger partial charge in [0.15, 0.2) is 0 Å². The Kier molecular flexibility index (Phi) is 6.38. The standard InChI is InChI=1S/C13H18N2O4/c1-10(15-13(17)18)12(16)14-7-8-19-9-11-5-3-2-4-6-11/h2-6,10,15H,7-9H2,1H3,(H,14,16)(H,17,18)/t10-/m0/s1. The number of nitrogens with one attached hydrogen (secondary N) is 2. The van der Waals surface area contributed by atoms with E-state index in [4.69, 9.17) is 9.84 Å². The number of carboxylic acid groups (broad SMARTS) is 1. The lowest BCUT2D eigenvalue weighted by Gasteiger charge is -2.12. The SMILES string of the molecule is C[C@H](NC(=O)O)C(=O)NCCOCc1ccccc1. The average molecular weight is 266 g/mol. The summed E-state index contributed by atoms with van der Waals surface area (Å²) in [5.74, 6) is -0.370. The zero-order valence-corrected chi connectivity index (χ0v) is 10.8. The monoisotopic (exact) mass is 266 g/mol. The lowest BCUT2D eigenvalue weighted by atomic mass is 10.2. The first-order valence-electron chi connectivity index (χ1n) is 5.98. The van der Waals surface area contributed by atoms with E-state index in [0.29, 0.717) is 19.8 Å². The highest BCUT2D eigenvalue weighted by molar-refractivity contribution is 5.84. The predicted octanol–water partition coefficient (Wildman–Crippen LogP) is 0.975. The summed E-state index contributed by atoms with van der Waals surface area (Å²) in [7, 11) is 0. The topological polar surface area (TPSA) is 87.7 Å². The molecule has 1 atom stereocenters. The smallest absolute Gasteiger partial charge is 0.405 e. The van der Waals surface area contributed by atoms with Crippen LogP contribution in [0.15, 0.2) is 30.3 Å². The van der Waals surface area contributed by atoms with Crippen molar-refractivity contribution in [2.75, 3.05) is 13.2 Å². The summed E-state index contributed by atoms with van der Waals surface area (Å²) in [6, 6.07) is 8.93. The van der Waals surface area contributed by atoms with Crippen molar-refractivity contribution in [2.24, 2.45) is 0 Å². The Morgan fingerprint density at radius 3 is 2.63 bits per heavy atom. The van der Waals surface area contributed by atoms with Crippen LogP contribution in [0.25, 0.3) is 0 Å². The summed E-state index contributed by atoms with van der Waals surface area (Å²) in [4.78, 5) is 21.8. The molecule has 6 nitrogen and oxygen atoms in total. The molecule has 6 heteroatoms. The fourth-order valence-electron chi connectivity index (χ4n) is 1.41. The van der Waals surface area contributed by atoms with Crippen LogP contribution >= 0.6 is 0 Å². The Bertz CT molecular complexity index is 408. The molecule has 0 radical (unpaired) electrons. The van der Waals surface area contributed by atoms with Gasteiger partial charge in [0.2, 0.25) is 5.91 Å².